The maximum atomic E-state index is 12.1. The van der Waals surface area contributed by atoms with Gasteiger partial charge in [-0.15, -0.1) is 0 Å². The smallest absolute Gasteiger partial charge is 0.251 e. The molecule has 0 aliphatic heterocycles. The van der Waals surface area contributed by atoms with E-state index in [1.807, 2.05) is 10.8 Å². The molecule has 7 nitrogen and oxygen atoms in total. The summed E-state index contributed by atoms with van der Waals surface area (Å²) in [5.41, 5.74) is 1.52. The zero-order chi connectivity index (χ0) is 17.0. The summed E-state index contributed by atoms with van der Waals surface area (Å²) in [4.78, 5) is 23.5. The standard InChI is InChI=1S/C15H20N2O5S/c1-22-13-6-5-11(9-12(13)10-3-4-10)15(19)16-8-7-14(18)17-23(2,20)21/h5-6,9-10H,3-4,7-8H2,1-2H3,(H,16,19)(H,17,18). The number of carbonyl (C=O) groups excluding carboxylic acids is 2. The van der Waals surface area contributed by atoms with E-state index >= 15 is 0 Å². The first-order chi connectivity index (χ1) is 10.8. The Bertz CT molecular complexity index is 711. The molecular weight excluding hydrogens is 320 g/mol. The number of methoxy groups -OCH3 is 1. The number of amides is 2. The van der Waals surface area contributed by atoms with E-state index in [1.165, 1.54) is 0 Å². The van der Waals surface area contributed by atoms with E-state index in [1.54, 1.807) is 19.2 Å². The number of carbonyl (C=O) groups is 2. The molecule has 0 spiro atoms. The lowest BCUT2D eigenvalue weighted by atomic mass is 10.1. The lowest BCUT2D eigenvalue weighted by molar-refractivity contribution is -0.119. The number of benzene rings is 1. The predicted octanol–water partition coefficient (Wildman–Crippen LogP) is 0.768. The molecule has 0 radical (unpaired) electrons. The van der Waals surface area contributed by atoms with Gasteiger partial charge < -0.3 is 10.1 Å². The summed E-state index contributed by atoms with van der Waals surface area (Å²) in [6.07, 6.45) is 2.98. The van der Waals surface area contributed by atoms with E-state index in [0.29, 0.717) is 11.5 Å². The van der Waals surface area contributed by atoms with Crippen molar-refractivity contribution in [2.45, 2.75) is 25.2 Å². The summed E-state index contributed by atoms with van der Waals surface area (Å²) in [6.45, 7) is 0.0605. The van der Waals surface area contributed by atoms with Gasteiger partial charge in [0.2, 0.25) is 15.9 Å². The number of rotatable bonds is 7. The molecule has 0 bridgehead atoms. The molecule has 1 saturated carbocycles. The number of nitrogens with one attached hydrogen (secondary N) is 2. The Labute approximate surface area is 135 Å². The van der Waals surface area contributed by atoms with Gasteiger partial charge in [-0.3, -0.25) is 14.3 Å². The monoisotopic (exact) mass is 340 g/mol. The van der Waals surface area contributed by atoms with Crippen molar-refractivity contribution in [2.24, 2.45) is 0 Å². The van der Waals surface area contributed by atoms with Crippen molar-refractivity contribution in [1.29, 1.82) is 0 Å². The van der Waals surface area contributed by atoms with Crippen LogP contribution in [0, 0.1) is 0 Å². The molecule has 0 atom stereocenters. The Kier molecular flexibility index (Phi) is 5.25. The highest BCUT2D eigenvalue weighted by Crippen LogP contribution is 2.44. The van der Waals surface area contributed by atoms with Crippen LogP contribution in [0.15, 0.2) is 18.2 Å². The number of hydrogen-bond donors (Lipinski definition) is 2. The van der Waals surface area contributed by atoms with Crippen LogP contribution in [0.4, 0.5) is 0 Å². The zero-order valence-corrected chi connectivity index (χ0v) is 13.9. The third kappa shape index (κ3) is 5.24. The molecule has 0 unspecified atom stereocenters. The molecule has 2 N–H and O–H groups in total. The molecule has 0 saturated heterocycles. The fourth-order valence-electron chi connectivity index (χ4n) is 2.24. The van der Waals surface area contributed by atoms with Crippen molar-refractivity contribution in [3.8, 4) is 5.75 Å². The average Bonchev–Trinajstić information content (AvgIpc) is 3.29. The quantitative estimate of drug-likeness (QED) is 0.763. The van der Waals surface area contributed by atoms with Gasteiger partial charge in [-0.25, -0.2) is 8.42 Å². The first-order valence-electron chi connectivity index (χ1n) is 7.27. The van der Waals surface area contributed by atoms with Gasteiger partial charge in [0.15, 0.2) is 0 Å². The highest BCUT2D eigenvalue weighted by molar-refractivity contribution is 7.89. The maximum absolute atomic E-state index is 12.1. The third-order valence-corrected chi connectivity index (χ3v) is 4.04. The molecule has 2 amide bonds. The SMILES string of the molecule is COc1ccc(C(=O)NCCC(=O)NS(C)(=O)=O)cc1C1CC1. The fourth-order valence-corrected chi connectivity index (χ4v) is 2.75. The molecule has 0 aromatic heterocycles. The lowest BCUT2D eigenvalue weighted by Crippen LogP contribution is -2.33. The fraction of sp³-hybridized carbons (Fsp3) is 0.467. The molecular formula is C15H20N2O5S. The Morgan fingerprint density at radius 1 is 1.30 bits per heavy atom. The minimum Gasteiger partial charge on any atom is -0.496 e. The molecule has 8 heteroatoms. The summed E-state index contributed by atoms with van der Waals surface area (Å²) in [6, 6.07) is 5.23. The van der Waals surface area contributed by atoms with Crippen LogP contribution in [0.5, 0.6) is 5.75 Å². The lowest BCUT2D eigenvalue weighted by Gasteiger charge is -2.10. The molecule has 0 heterocycles. The van der Waals surface area contributed by atoms with Crippen molar-refractivity contribution in [2.75, 3.05) is 19.9 Å². The largest absolute Gasteiger partial charge is 0.496 e. The van der Waals surface area contributed by atoms with E-state index in [-0.39, 0.29) is 18.9 Å². The normalized spacial score (nSPS) is 14.2. The van der Waals surface area contributed by atoms with Crippen molar-refractivity contribution in [3.63, 3.8) is 0 Å². The molecule has 1 fully saturated rings. The highest BCUT2D eigenvalue weighted by atomic mass is 32.2. The van der Waals surface area contributed by atoms with E-state index < -0.39 is 15.9 Å². The summed E-state index contributed by atoms with van der Waals surface area (Å²) < 4.78 is 28.9. The third-order valence-electron chi connectivity index (χ3n) is 3.45. The van der Waals surface area contributed by atoms with Gasteiger partial charge in [-0.1, -0.05) is 0 Å². The van der Waals surface area contributed by atoms with Gasteiger partial charge in [0.1, 0.15) is 5.75 Å². The van der Waals surface area contributed by atoms with Crippen molar-refractivity contribution in [1.82, 2.24) is 10.0 Å². The first kappa shape index (κ1) is 17.3. The second-order valence-corrected chi connectivity index (χ2v) is 7.28. The summed E-state index contributed by atoms with van der Waals surface area (Å²) >= 11 is 0. The zero-order valence-electron chi connectivity index (χ0n) is 13.1. The van der Waals surface area contributed by atoms with E-state index in [2.05, 4.69) is 5.32 Å². The van der Waals surface area contributed by atoms with Crippen LogP contribution in [0.2, 0.25) is 0 Å². The molecule has 1 aliphatic rings. The van der Waals surface area contributed by atoms with Crippen LogP contribution in [0.3, 0.4) is 0 Å². The summed E-state index contributed by atoms with van der Waals surface area (Å²) in [5.74, 6) is 0.262. The number of sulfonamides is 1. The number of hydrogen-bond acceptors (Lipinski definition) is 5. The summed E-state index contributed by atoms with van der Waals surface area (Å²) in [5, 5.41) is 2.60. The molecule has 1 aliphatic carbocycles. The van der Waals surface area contributed by atoms with Gasteiger partial charge >= 0.3 is 0 Å². The van der Waals surface area contributed by atoms with Gasteiger partial charge in [0.05, 0.1) is 13.4 Å². The van der Waals surface area contributed by atoms with E-state index in [4.69, 9.17) is 4.74 Å². The Hall–Kier alpha value is -2.09. The highest BCUT2D eigenvalue weighted by Gasteiger charge is 2.27. The van der Waals surface area contributed by atoms with E-state index in [9.17, 15) is 18.0 Å². The van der Waals surface area contributed by atoms with Crippen molar-refractivity contribution >= 4 is 21.8 Å². The van der Waals surface area contributed by atoms with Gasteiger partial charge in [-0.05, 0) is 42.5 Å². The van der Waals surface area contributed by atoms with Crippen LogP contribution in [0.1, 0.15) is 41.1 Å². The van der Waals surface area contributed by atoms with Gasteiger partial charge in [0, 0.05) is 18.5 Å². The minimum absolute atomic E-state index is 0.0605. The van der Waals surface area contributed by atoms with Crippen LogP contribution < -0.4 is 14.8 Å². The van der Waals surface area contributed by atoms with Crippen LogP contribution in [0.25, 0.3) is 0 Å². The second-order valence-electron chi connectivity index (χ2n) is 5.53. The first-order valence-corrected chi connectivity index (χ1v) is 9.16. The second kappa shape index (κ2) is 6.99. The molecule has 23 heavy (non-hydrogen) atoms. The average molecular weight is 340 g/mol. The topological polar surface area (TPSA) is 102 Å². The molecule has 126 valence electrons. The Balaban J connectivity index is 1.91. The Morgan fingerprint density at radius 2 is 2.00 bits per heavy atom. The van der Waals surface area contributed by atoms with Gasteiger partial charge in [0.25, 0.3) is 5.91 Å². The van der Waals surface area contributed by atoms with Crippen molar-refractivity contribution in [3.05, 3.63) is 29.3 Å². The molecule has 2 rings (SSSR count). The van der Waals surface area contributed by atoms with Crippen LogP contribution in [-0.4, -0.2) is 40.1 Å². The van der Waals surface area contributed by atoms with Gasteiger partial charge in [-0.2, -0.15) is 0 Å². The van der Waals surface area contributed by atoms with Crippen molar-refractivity contribution < 1.29 is 22.7 Å². The molecule has 1 aromatic rings. The number of ether oxygens (including phenoxy) is 1. The predicted molar refractivity (Wildman–Crippen MR) is 84.9 cm³/mol. The van der Waals surface area contributed by atoms with E-state index in [0.717, 1.165) is 30.4 Å². The molecule has 1 aromatic carbocycles. The Morgan fingerprint density at radius 3 is 2.57 bits per heavy atom. The van der Waals surface area contributed by atoms with Crippen LogP contribution in [-0.2, 0) is 14.8 Å². The summed E-state index contributed by atoms with van der Waals surface area (Å²) in [7, 11) is -1.97. The minimum atomic E-state index is -3.57. The maximum Gasteiger partial charge on any atom is 0.251 e. The van der Waals surface area contributed by atoms with Crippen LogP contribution >= 0.6 is 0 Å².